The van der Waals surface area contributed by atoms with E-state index in [1.807, 2.05) is 18.2 Å². The molecule has 0 aliphatic heterocycles. The molecule has 0 aliphatic rings. The van der Waals surface area contributed by atoms with Crippen LogP contribution in [0.25, 0.3) is 0 Å². The predicted octanol–water partition coefficient (Wildman–Crippen LogP) is 2.30. The van der Waals surface area contributed by atoms with Gasteiger partial charge in [0.15, 0.2) is 6.61 Å². The van der Waals surface area contributed by atoms with Crippen molar-refractivity contribution < 1.29 is 17.9 Å². The van der Waals surface area contributed by atoms with Crippen molar-refractivity contribution in [3.05, 3.63) is 59.6 Å². The molecule has 0 saturated heterocycles. The zero-order valence-electron chi connectivity index (χ0n) is 13.7. The average Bonchev–Trinajstić information content (AvgIpc) is 2.56. The van der Waals surface area contributed by atoms with Gasteiger partial charge in [0.1, 0.15) is 5.75 Å². The number of amides is 1. The van der Waals surface area contributed by atoms with Crippen LogP contribution in [0, 0.1) is 0 Å². The number of benzene rings is 2. The Morgan fingerprint density at radius 3 is 2.52 bits per heavy atom. The van der Waals surface area contributed by atoms with E-state index in [1.165, 1.54) is 4.31 Å². The summed E-state index contributed by atoms with van der Waals surface area (Å²) in [6.45, 7) is 0.104. The van der Waals surface area contributed by atoms with Crippen LogP contribution >= 0.6 is 11.6 Å². The van der Waals surface area contributed by atoms with Gasteiger partial charge in [-0.05, 0) is 30.3 Å². The van der Waals surface area contributed by atoms with Gasteiger partial charge in [-0.15, -0.1) is 0 Å². The molecule has 0 spiro atoms. The molecule has 0 saturated carbocycles. The number of hydrogen-bond acceptors (Lipinski definition) is 4. The van der Waals surface area contributed by atoms with Crippen LogP contribution in [-0.4, -0.2) is 40.3 Å². The summed E-state index contributed by atoms with van der Waals surface area (Å²) in [6.07, 6.45) is 1.11. The Morgan fingerprint density at radius 1 is 1.16 bits per heavy atom. The number of halogens is 1. The van der Waals surface area contributed by atoms with Gasteiger partial charge in [0.25, 0.3) is 5.91 Å². The normalized spacial score (nSPS) is 11.0. The van der Waals surface area contributed by atoms with Gasteiger partial charge >= 0.3 is 0 Å². The highest BCUT2D eigenvalue weighted by atomic mass is 35.5. The molecule has 1 N–H and O–H groups in total. The van der Waals surface area contributed by atoms with Crippen LogP contribution in [0.5, 0.6) is 5.75 Å². The largest absolute Gasteiger partial charge is 0.484 e. The fraction of sp³-hybridized carbons (Fsp3) is 0.235. The Bertz CT molecular complexity index is 812. The van der Waals surface area contributed by atoms with Crippen molar-refractivity contribution in [3.8, 4) is 5.75 Å². The summed E-state index contributed by atoms with van der Waals surface area (Å²) in [5.74, 6) is 0.262. The summed E-state index contributed by atoms with van der Waals surface area (Å²) in [6, 6.07) is 15.5. The fourth-order valence-electron chi connectivity index (χ4n) is 2.13. The highest BCUT2D eigenvalue weighted by Gasteiger charge is 2.17. The summed E-state index contributed by atoms with van der Waals surface area (Å²) in [5, 5.41) is 3.07. The topological polar surface area (TPSA) is 75.7 Å². The first-order chi connectivity index (χ1) is 11.9. The lowest BCUT2D eigenvalue weighted by molar-refractivity contribution is -0.123. The Balaban J connectivity index is 1.87. The number of carbonyl (C=O) groups excluding carboxylic acids is 1. The second-order valence-corrected chi connectivity index (χ2v) is 7.61. The summed E-state index contributed by atoms with van der Waals surface area (Å²) < 4.78 is 30.5. The van der Waals surface area contributed by atoms with Gasteiger partial charge in [0.05, 0.1) is 18.5 Å². The molecule has 25 heavy (non-hydrogen) atoms. The van der Waals surface area contributed by atoms with E-state index in [1.54, 1.807) is 36.4 Å². The summed E-state index contributed by atoms with van der Waals surface area (Å²) in [7, 11) is -3.50. The van der Waals surface area contributed by atoms with Gasteiger partial charge in [-0.2, -0.15) is 0 Å². The van der Waals surface area contributed by atoms with Crippen LogP contribution in [0.15, 0.2) is 54.6 Å². The highest BCUT2D eigenvalue weighted by molar-refractivity contribution is 7.92. The van der Waals surface area contributed by atoms with Crippen molar-refractivity contribution in [3.63, 3.8) is 0 Å². The van der Waals surface area contributed by atoms with E-state index in [9.17, 15) is 13.2 Å². The lowest BCUT2D eigenvalue weighted by Crippen LogP contribution is -2.39. The highest BCUT2D eigenvalue weighted by Crippen LogP contribution is 2.21. The van der Waals surface area contributed by atoms with E-state index in [4.69, 9.17) is 16.3 Å². The second-order valence-electron chi connectivity index (χ2n) is 5.27. The maximum atomic E-state index is 12.0. The summed E-state index contributed by atoms with van der Waals surface area (Å²) >= 11 is 5.92. The summed E-state index contributed by atoms with van der Waals surface area (Å²) in [4.78, 5) is 11.8. The van der Waals surface area contributed by atoms with Crippen LogP contribution in [-0.2, 0) is 14.8 Å². The Morgan fingerprint density at radius 2 is 1.88 bits per heavy atom. The molecule has 0 unspecified atom stereocenters. The smallest absolute Gasteiger partial charge is 0.258 e. The van der Waals surface area contributed by atoms with E-state index < -0.39 is 10.0 Å². The number of hydrogen-bond donors (Lipinski definition) is 1. The number of anilines is 1. The third-order valence-corrected chi connectivity index (χ3v) is 4.68. The molecular weight excluding hydrogens is 364 g/mol. The molecule has 0 aliphatic carbocycles. The second kappa shape index (κ2) is 8.73. The summed E-state index contributed by atoms with van der Waals surface area (Å²) in [5.41, 5.74) is 0.449. The number of ether oxygens (including phenoxy) is 1. The minimum absolute atomic E-state index is 0.0935. The predicted molar refractivity (Wildman–Crippen MR) is 98.6 cm³/mol. The Kier molecular flexibility index (Phi) is 6.66. The number of carbonyl (C=O) groups is 1. The number of para-hydroxylation sites is 1. The minimum Gasteiger partial charge on any atom is -0.484 e. The van der Waals surface area contributed by atoms with Crippen LogP contribution in [0.1, 0.15) is 0 Å². The molecule has 0 heterocycles. The van der Waals surface area contributed by atoms with Gasteiger partial charge in [0.2, 0.25) is 10.0 Å². The third-order valence-electron chi connectivity index (χ3n) is 3.25. The van der Waals surface area contributed by atoms with E-state index >= 15 is 0 Å². The van der Waals surface area contributed by atoms with Gasteiger partial charge in [-0.3, -0.25) is 9.10 Å². The van der Waals surface area contributed by atoms with Crippen molar-refractivity contribution in [2.24, 2.45) is 0 Å². The molecule has 2 rings (SSSR count). The van der Waals surface area contributed by atoms with Crippen molar-refractivity contribution in [2.45, 2.75) is 0 Å². The number of nitrogens with zero attached hydrogens (tertiary/aromatic N) is 1. The molecular formula is C17H19ClN2O4S. The van der Waals surface area contributed by atoms with Crippen LogP contribution < -0.4 is 14.4 Å². The standard InChI is InChI=1S/C17H19ClN2O4S/c1-25(22,23)20(15-7-5-6-14(18)12-15)11-10-19-17(21)13-24-16-8-3-2-4-9-16/h2-9,12H,10-11,13H2,1H3,(H,19,21). The van der Waals surface area contributed by atoms with Crippen molar-refractivity contribution in [1.29, 1.82) is 0 Å². The Hall–Kier alpha value is -2.25. The van der Waals surface area contributed by atoms with Gasteiger partial charge < -0.3 is 10.1 Å². The molecule has 8 heteroatoms. The number of rotatable bonds is 8. The van der Waals surface area contributed by atoms with Crippen molar-refractivity contribution in [1.82, 2.24) is 5.32 Å². The molecule has 6 nitrogen and oxygen atoms in total. The third kappa shape index (κ3) is 6.28. The first-order valence-electron chi connectivity index (χ1n) is 7.54. The van der Waals surface area contributed by atoms with Crippen LogP contribution in [0.2, 0.25) is 5.02 Å². The maximum absolute atomic E-state index is 12.0. The molecule has 0 radical (unpaired) electrons. The van der Waals surface area contributed by atoms with E-state index in [0.717, 1.165) is 6.26 Å². The molecule has 1 amide bonds. The quantitative estimate of drug-likeness (QED) is 0.760. The molecule has 134 valence electrons. The SMILES string of the molecule is CS(=O)(=O)N(CCNC(=O)COc1ccccc1)c1cccc(Cl)c1. The van der Waals surface area contributed by atoms with Crippen LogP contribution in [0.3, 0.4) is 0 Å². The van der Waals surface area contributed by atoms with Gasteiger partial charge in [-0.25, -0.2) is 8.42 Å². The number of nitrogens with one attached hydrogen (secondary N) is 1. The lowest BCUT2D eigenvalue weighted by atomic mass is 10.3. The van der Waals surface area contributed by atoms with E-state index in [0.29, 0.717) is 16.5 Å². The van der Waals surface area contributed by atoms with Crippen molar-refractivity contribution in [2.75, 3.05) is 30.3 Å². The van der Waals surface area contributed by atoms with Gasteiger partial charge in [0, 0.05) is 11.6 Å². The van der Waals surface area contributed by atoms with Crippen molar-refractivity contribution >= 4 is 33.2 Å². The van der Waals surface area contributed by atoms with Crippen LogP contribution in [0.4, 0.5) is 5.69 Å². The minimum atomic E-state index is -3.50. The monoisotopic (exact) mass is 382 g/mol. The molecule has 0 atom stereocenters. The Labute approximate surface area is 152 Å². The molecule has 0 fully saturated rings. The number of sulfonamides is 1. The molecule has 2 aromatic rings. The molecule has 0 bridgehead atoms. The average molecular weight is 383 g/mol. The first-order valence-corrected chi connectivity index (χ1v) is 9.77. The zero-order chi connectivity index (χ0) is 18.3. The molecule has 2 aromatic carbocycles. The lowest BCUT2D eigenvalue weighted by Gasteiger charge is -2.22. The maximum Gasteiger partial charge on any atom is 0.258 e. The van der Waals surface area contributed by atoms with Gasteiger partial charge in [-0.1, -0.05) is 35.9 Å². The zero-order valence-corrected chi connectivity index (χ0v) is 15.3. The molecule has 0 aromatic heterocycles. The van der Waals surface area contributed by atoms with E-state index in [-0.39, 0.29) is 25.6 Å². The first kappa shape index (κ1) is 19.1. The fourth-order valence-corrected chi connectivity index (χ4v) is 3.24. The van der Waals surface area contributed by atoms with E-state index in [2.05, 4.69) is 5.32 Å².